The van der Waals surface area contributed by atoms with Gasteiger partial charge in [-0.2, -0.15) is 5.17 Å². The number of nitrogens with zero attached hydrogens (tertiary/aromatic N) is 2. The summed E-state index contributed by atoms with van der Waals surface area (Å²) in [7, 11) is 3.21. The standard InChI is InChI=1S/C8H12N2O2.C6H6ClN2O.K/c1-9-10(11)7-4-3-5-8(6-7)12-2;7-5-2-1-3-6(4-5)9(8)10;/h3-6,9,11H,1-2H3;1-4,8,10H;/q;-1;+1. The van der Waals surface area contributed by atoms with Crippen LogP contribution in [0.5, 0.6) is 5.75 Å². The van der Waals surface area contributed by atoms with E-state index in [9.17, 15) is 5.21 Å². The van der Waals surface area contributed by atoms with Crippen LogP contribution < -0.4 is 71.9 Å². The quantitative estimate of drug-likeness (QED) is 0.541. The Hall–Kier alpha value is -0.394. The summed E-state index contributed by atoms with van der Waals surface area (Å²) in [5.74, 6) is 7.46. The van der Waals surface area contributed by atoms with Crippen molar-refractivity contribution in [3.63, 3.8) is 0 Å². The van der Waals surface area contributed by atoms with Crippen LogP contribution >= 0.6 is 11.6 Å². The van der Waals surface area contributed by atoms with Crippen molar-refractivity contribution in [2.75, 3.05) is 24.5 Å². The molecule has 4 N–H and O–H groups in total. The minimum atomic E-state index is 0. The first-order valence-corrected chi connectivity index (χ1v) is 6.62. The van der Waals surface area contributed by atoms with Crippen molar-refractivity contribution in [1.82, 2.24) is 5.43 Å². The van der Waals surface area contributed by atoms with Crippen LogP contribution in [0.15, 0.2) is 48.5 Å². The van der Waals surface area contributed by atoms with Gasteiger partial charge in [0.25, 0.3) is 0 Å². The fraction of sp³-hybridized carbons (Fsp3) is 0.143. The zero-order valence-corrected chi connectivity index (χ0v) is 17.1. The molecule has 0 unspecified atom stereocenters. The number of methoxy groups -OCH3 is 1. The molecule has 2 aromatic carbocycles. The number of hydrogen-bond acceptors (Lipinski definition) is 6. The van der Waals surface area contributed by atoms with Gasteiger partial charge in [0.2, 0.25) is 0 Å². The third kappa shape index (κ3) is 8.31. The molecular weight excluding hydrogens is 347 g/mol. The Morgan fingerprint density at radius 3 is 2.17 bits per heavy atom. The number of anilines is 2. The van der Waals surface area contributed by atoms with Gasteiger partial charge >= 0.3 is 51.4 Å². The van der Waals surface area contributed by atoms with E-state index in [1.165, 1.54) is 6.07 Å². The molecule has 2 aromatic rings. The average Bonchev–Trinajstić information content (AvgIpc) is 2.54. The molecule has 0 saturated heterocycles. The van der Waals surface area contributed by atoms with Gasteiger partial charge < -0.3 is 21.0 Å². The van der Waals surface area contributed by atoms with E-state index in [4.69, 9.17) is 27.4 Å². The van der Waals surface area contributed by atoms with Gasteiger partial charge in [-0.25, -0.2) is 5.43 Å². The molecule has 0 heterocycles. The Balaban J connectivity index is 0.000000409. The van der Waals surface area contributed by atoms with Gasteiger partial charge in [0, 0.05) is 23.8 Å². The molecule has 0 radical (unpaired) electrons. The largest absolute Gasteiger partial charge is 1.00 e. The Labute approximate surface area is 182 Å². The third-order valence-corrected chi connectivity index (χ3v) is 2.80. The average molecular weight is 365 g/mol. The topological polar surface area (TPSA) is 92.0 Å². The number of ether oxygens (including phenoxy) is 1. The van der Waals surface area contributed by atoms with Crippen LogP contribution in [0.2, 0.25) is 5.02 Å². The summed E-state index contributed by atoms with van der Waals surface area (Å²) in [6.45, 7) is 0. The molecule has 7 nitrogen and oxygen atoms in total. The second-order valence-corrected chi connectivity index (χ2v) is 4.47. The molecule has 0 aliphatic carbocycles. The summed E-state index contributed by atoms with van der Waals surface area (Å²) >= 11 is 5.57. The van der Waals surface area contributed by atoms with Crippen LogP contribution in [0.25, 0.3) is 5.84 Å². The van der Waals surface area contributed by atoms with Gasteiger partial charge in [-0.15, -0.1) is 0 Å². The monoisotopic (exact) mass is 364 g/mol. The summed E-state index contributed by atoms with van der Waals surface area (Å²) < 4.78 is 4.98. The predicted molar refractivity (Wildman–Crippen MR) is 86.4 cm³/mol. The maximum atomic E-state index is 9.22. The summed E-state index contributed by atoms with van der Waals surface area (Å²) in [5, 5.41) is 19.5. The second kappa shape index (κ2) is 12.0. The smallest absolute Gasteiger partial charge is 0.556 e. The summed E-state index contributed by atoms with van der Waals surface area (Å²) in [6, 6.07) is 13.5. The van der Waals surface area contributed by atoms with Gasteiger partial charge in [0.05, 0.1) is 12.8 Å². The molecule has 120 valence electrons. The van der Waals surface area contributed by atoms with E-state index < -0.39 is 0 Å². The SMILES string of the molecule is CNN(O)c1cccc(OC)c1.[K+].[NH-]N(O)c1cccc(Cl)c1. The van der Waals surface area contributed by atoms with Gasteiger partial charge in [-0.05, 0) is 30.3 Å². The first kappa shape index (κ1) is 22.6. The Morgan fingerprint density at radius 1 is 1.09 bits per heavy atom. The molecule has 0 amide bonds. The molecule has 0 saturated carbocycles. The predicted octanol–water partition coefficient (Wildman–Crippen LogP) is 0.532. The van der Waals surface area contributed by atoms with E-state index in [1.807, 2.05) is 6.07 Å². The number of hydrazine groups is 1. The van der Waals surface area contributed by atoms with Crippen molar-refractivity contribution in [1.29, 1.82) is 0 Å². The van der Waals surface area contributed by atoms with Crippen molar-refractivity contribution in [3.05, 3.63) is 59.4 Å². The van der Waals surface area contributed by atoms with Crippen LogP contribution in [0.1, 0.15) is 0 Å². The van der Waals surface area contributed by atoms with E-state index in [2.05, 4.69) is 5.43 Å². The zero-order valence-electron chi connectivity index (χ0n) is 13.2. The van der Waals surface area contributed by atoms with E-state index in [0.717, 1.165) is 5.17 Å². The minimum Gasteiger partial charge on any atom is -0.556 e. The third-order valence-electron chi connectivity index (χ3n) is 2.56. The van der Waals surface area contributed by atoms with E-state index in [1.54, 1.807) is 50.6 Å². The van der Waals surface area contributed by atoms with Crippen LogP contribution in [-0.2, 0) is 0 Å². The molecule has 0 spiro atoms. The number of hydrogen-bond donors (Lipinski definition) is 3. The van der Waals surface area contributed by atoms with Gasteiger partial charge in [0.15, 0.2) is 0 Å². The first-order chi connectivity index (χ1) is 10.5. The van der Waals surface area contributed by atoms with Gasteiger partial charge in [-0.3, -0.25) is 5.21 Å². The molecule has 0 bridgehead atoms. The summed E-state index contributed by atoms with van der Waals surface area (Å²) in [4.78, 5) is 0. The first-order valence-electron chi connectivity index (χ1n) is 6.24. The van der Waals surface area contributed by atoms with Crippen molar-refractivity contribution < 1.29 is 66.5 Å². The molecule has 9 heteroatoms. The number of rotatable bonds is 4. The molecule has 0 aliphatic rings. The molecule has 0 aromatic heterocycles. The molecule has 2 rings (SSSR count). The van der Waals surface area contributed by atoms with Crippen LogP contribution in [-0.4, -0.2) is 24.6 Å². The van der Waals surface area contributed by atoms with Crippen molar-refractivity contribution in [2.45, 2.75) is 0 Å². The second-order valence-electron chi connectivity index (χ2n) is 4.03. The summed E-state index contributed by atoms with van der Waals surface area (Å²) in [5.41, 5.74) is 3.56. The number of nitrogens with one attached hydrogen (secondary N) is 2. The maximum absolute atomic E-state index is 9.22. The Morgan fingerprint density at radius 2 is 1.70 bits per heavy atom. The maximum Gasteiger partial charge on any atom is 1.00 e. The molecule has 23 heavy (non-hydrogen) atoms. The fourth-order valence-electron chi connectivity index (χ4n) is 1.48. The Bertz CT molecular complexity index is 589. The van der Waals surface area contributed by atoms with Crippen molar-refractivity contribution >= 4 is 23.0 Å². The van der Waals surface area contributed by atoms with Crippen molar-refractivity contribution in [3.8, 4) is 5.75 Å². The van der Waals surface area contributed by atoms with E-state index in [0.29, 0.717) is 22.1 Å². The van der Waals surface area contributed by atoms with Gasteiger partial charge in [-0.1, -0.05) is 23.7 Å². The van der Waals surface area contributed by atoms with E-state index >= 15 is 0 Å². The molecule has 0 atom stereocenters. The normalized spacial score (nSPS) is 9.13. The number of benzene rings is 2. The minimum absolute atomic E-state index is 0. The van der Waals surface area contributed by atoms with Crippen LogP contribution in [0, 0.1) is 0 Å². The van der Waals surface area contributed by atoms with Crippen LogP contribution in [0.4, 0.5) is 11.4 Å². The summed E-state index contributed by atoms with van der Waals surface area (Å²) in [6.07, 6.45) is 0. The molecule has 0 aliphatic heterocycles. The Kier molecular flexibility index (Phi) is 11.8. The van der Waals surface area contributed by atoms with Crippen molar-refractivity contribution in [2.24, 2.45) is 0 Å². The zero-order chi connectivity index (χ0) is 16.5. The molecular formula is C14H18ClKN4O3. The fourth-order valence-corrected chi connectivity index (χ4v) is 1.66. The van der Waals surface area contributed by atoms with Crippen LogP contribution in [0.3, 0.4) is 0 Å². The van der Waals surface area contributed by atoms with Gasteiger partial charge in [0.1, 0.15) is 5.75 Å². The van der Waals surface area contributed by atoms with E-state index in [-0.39, 0.29) is 56.6 Å². The number of halogens is 1. The molecule has 0 fully saturated rings.